The lowest BCUT2D eigenvalue weighted by molar-refractivity contribution is 0.103. The van der Waals surface area contributed by atoms with E-state index in [9.17, 15) is 0 Å². The van der Waals surface area contributed by atoms with Crippen LogP contribution in [0.3, 0.4) is 0 Å². The predicted molar refractivity (Wildman–Crippen MR) is 129 cm³/mol. The lowest BCUT2D eigenvalue weighted by atomic mass is 9.95. The second kappa shape index (κ2) is 10.9. The van der Waals surface area contributed by atoms with E-state index in [-0.39, 0.29) is 0 Å². The number of nitrogens with one attached hydrogen (secondary N) is 1. The maximum absolute atomic E-state index is 5.44. The van der Waals surface area contributed by atoms with Crippen LogP contribution in [0.15, 0.2) is 42.7 Å². The number of aromatic nitrogens is 2. The Bertz CT molecular complexity index is 980. The number of rotatable bonds is 10. The van der Waals surface area contributed by atoms with Gasteiger partial charge in [-0.1, -0.05) is 0 Å². The van der Waals surface area contributed by atoms with Crippen molar-refractivity contribution in [2.24, 2.45) is 5.92 Å². The zero-order valence-electron chi connectivity index (χ0n) is 19.6. The maximum Gasteiger partial charge on any atom is 0.119 e. The van der Waals surface area contributed by atoms with Crippen molar-refractivity contribution >= 4 is 10.9 Å². The molecule has 4 rings (SSSR count). The summed E-state index contributed by atoms with van der Waals surface area (Å²) in [6, 6.07) is 10.5. The van der Waals surface area contributed by atoms with Gasteiger partial charge >= 0.3 is 0 Å². The van der Waals surface area contributed by atoms with E-state index < -0.39 is 0 Å². The van der Waals surface area contributed by atoms with Gasteiger partial charge in [0, 0.05) is 62.3 Å². The van der Waals surface area contributed by atoms with Crippen LogP contribution in [-0.4, -0.2) is 66.8 Å². The van der Waals surface area contributed by atoms with Crippen LogP contribution in [0, 0.1) is 12.8 Å². The molecule has 6 heteroatoms. The highest BCUT2D eigenvalue weighted by Crippen LogP contribution is 2.28. The van der Waals surface area contributed by atoms with Crippen molar-refractivity contribution < 1.29 is 9.47 Å². The largest absolute Gasteiger partial charge is 0.497 e. The van der Waals surface area contributed by atoms with Crippen LogP contribution < -0.4 is 4.74 Å². The first kappa shape index (κ1) is 22.8. The molecule has 0 unspecified atom stereocenters. The topological polar surface area (TPSA) is 53.6 Å². The number of H-pyrrole nitrogens is 1. The number of fused-ring (bicyclic) bond motifs is 1. The van der Waals surface area contributed by atoms with Gasteiger partial charge in [-0.15, -0.1) is 0 Å². The normalized spacial score (nSPS) is 15.6. The molecular formula is C26H36N4O2. The summed E-state index contributed by atoms with van der Waals surface area (Å²) in [6.07, 6.45) is 6.28. The lowest BCUT2D eigenvalue weighted by Crippen LogP contribution is -2.39. The molecule has 1 aromatic carbocycles. The summed E-state index contributed by atoms with van der Waals surface area (Å²) in [7, 11) is 3.51. The summed E-state index contributed by atoms with van der Waals surface area (Å²) in [6.45, 7) is 9.38. The number of aromatic amines is 1. The third-order valence-electron chi connectivity index (χ3n) is 6.74. The average Bonchev–Trinajstić information content (AvgIpc) is 3.13. The predicted octanol–water partition coefficient (Wildman–Crippen LogP) is 4.24. The first-order chi connectivity index (χ1) is 15.7. The molecular weight excluding hydrogens is 400 g/mol. The van der Waals surface area contributed by atoms with E-state index in [4.69, 9.17) is 9.47 Å². The second-order valence-electron chi connectivity index (χ2n) is 8.94. The molecule has 0 atom stereocenters. The number of pyridine rings is 1. The van der Waals surface area contributed by atoms with Crippen molar-refractivity contribution in [3.05, 3.63) is 59.5 Å². The molecule has 32 heavy (non-hydrogen) atoms. The molecule has 172 valence electrons. The van der Waals surface area contributed by atoms with Gasteiger partial charge in [0.25, 0.3) is 0 Å². The highest BCUT2D eigenvalue weighted by atomic mass is 16.5. The smallest absolute Gasteiger partial charge is 0.119 e. The number of hydrogen-bond acceptors (Lipinski definition) is 5. The van der Waals surface area contributed by atoms with Gasteiger partial charge in [-0.2, -0.15) is 0 Å². The van der Waals surface area contributed by atoms with Crippen molar-refractivity contribution in [2.45, 2.75) is 32.9 Å². The first-order valence-electron chi connectivity index (χ1n) is 11.6. The van der Waals surface area contributed by atoms with Gasteiger partial charge < -0.3 is 19.4 Å². The molecule has 2 aromatic heterocycles. The fraction of sp³-hybridized carbons (Fsp3) is 0.500. The standard InChI is InChI=1S/C26H36N4O2/c1-20-24-16-23(32-3)4-5-25(24)28-26(20)19-30(17-21-6-10-27-11-7-21)18-22-8-12-29(13-9-22)14-15-31-2/h4-7,10-11,16,22,28H,8-9,12-15,17-19H2,1-3H3. The van der Waals surface area contributed by atoms with E-state index in [1.54, 1.807) is 14.2 Å². The average molecular weight is 437 g/mol. The van der Waals surface area contributed by atoms with Gasteiger partial charge in [0.05, 0.1) is 13.7 Å². The Morgan fingerprint density at radius 3 is 2.59 bits per heavy atom. The number of methoxy groups -OCH3 is 2. The molecule has 6 nitrogen and oxygen atoms in total. The molecule has 1 aliphatic rings. The number of hydrogen-bond donors (Lipinski definition) is 1. The van der Waals surface area contributed by atoms with Crippen molar-refractivity contribution in [1.29, 1.82) is 0 Å². The lowest BCUT2D eigenvalue weighted by Gasteiger charge is -2.35. The van der Waals surface area contributed by atoms with Gasteiger partial charge in [0.15, 0.2) is 0 Å². The highest BCUT2D eigenvalue weighted by Gasteiger charge is 2.22. The van der Waals surface area contributed by atoms with E-state index in [0.29, 0.717) is 0 Å². The van der Waals surface area contributed by atoms with Gasteiger partial charge in [-0.25, -0.2) is 0 Å². The molecule has 1 saturated heterocycles. The Kier molecular flexibility index (Phi) is 7.79. The van der Waals surface area contributed by atoms with Crippen molar-refractivity contribution in [2.75, 3.05) is 47.0 Å². The quantitative estimate of drug-likeness (QED) is 0.515. The van der Waals surface area contributed by atoms with Crippen molar-refractivity contribution in [3.8, 4) is 5.75 Å². The van der Waals surface area contributed by atoms with Crippen LogP contribution in [0.1, 0.15) is 29.7 Å². The second-order valence-corrected chi connectivity index (χ2v) is 8.94. The summed E-state index contributed by atoms with van der Waals surface area (Å²) >= 11 is 0. The minimum atomic E-state index is 0.723. The third-order valence-corrected chi connectivity index (χ3v) is 6.74. The van der Waals surface area contributed by atoms with Crippen LogP contribution >= 0.6 is 0 Å². The summed E-state index contributed by atoms with van der Waals surface area (Å²) in [5.41, 5.74) is 5.09. The Hall–Kier alpha value is -2.41. The number of nitrogens with zero attached hydrogens (tertiary/aromatic N) is 3. The SMILES string of the molecule is COCCN1CCC(CN(Cc2ccncc2)Cc2[nH]c3ccc(OC)cc3c2C)CC1. The van der Waals surface area contributed by atoms with Gasteiger partial charge in [-0.3, -0.25) is 9.88 Å². The number of piperidine rings is 1. The molecule has 0 aliphatic carbocycles. The molecule has 0 amide bonds. The summed E-state index contributed by atoms with van der Waals surface area (Å²) in [5, 5.41) is 1.25. The summed E-state index contributed by atoms with van der Waals surface area (Å²) in [5.74, 6) is 1.63. The molecule has 0 saturated carbocycles. The molecule has 1 fully saturated rings. The van der Waals surface area contributed by atoms with E-state index in [2.05, 4.69) is 51.0 Å². The molecule has 0 spiro atoms. The van der Waals surface area contributed by atoms with Gasteiger partial charge in [0.2, 0.25) is 0 Å². The van der Waals surface area contributed by atoms with Crippen LogP contribution in [0.4, 0.5) is 0 Å². The minimum Gasteiger partial charge on any atom is -0.497 e. The number of likely N-dealkylation sites (tertiary alicyclic amines) is 1. The Morgan fingerprint density at radius 1 is 1.09 bits per heavy atom. The molecule has 1 aliphatic heterocycles. The monoisotopic (exact) mass is 436 g/mol. The van der Waals surface area contributed by atoms with Gasteiger partial charge in [0.1, 0.15) is 5.75 Å². The van der Waals surface area contributed by atoms with Gasteiger partial charge in [-0.05, 0) is 80.2 Å². The molecule has 0 radical (unpaired) electrons. The minimum absolute atomic E-state index is 0.723. The van der Waals surface area contributed by atoms with Crippen molar-refractivity contribution in [1.82, 2.24) is 19.8 Å². The fourth-order valence-electron chi connectivity index (χ4n) is 4.78. The van der Waals surface area contributed by atoms with E-state index in [1.165, 1.54) is 53.7 Å². The van der Waals surface area contributed by atoms with Crippen LogP contribution in [0.25, 0.3) is 10.9 Å². The Balaban J connectivity index is 1.48. The number of benzene rings is 1. The zero-order chi connectivity index (χ0) is 22.3. The Morgan fingerprint density at radius 2 is 1.88 bits per heavy atom. The van der Waals surface area contributed by atoms with E-state index in [1.807, 2.05) is 18.5 Å². The maximum atomic E-state index is 5.44. The van der Waals surface area contributed by atoms with Crippen LogP contribution in [0.2, 0.25) is 0 Å². The zero-order valence-corrected chi connectivity index (χ0v) is 19.6. The first-order valence-corrected chi connectivity index (χ1v) is 11.6. The molecule has 0 bridgehead atoms. The van der Waals surface area contributed by atoms with E-state index in [0.717, 1.165) is 44.5 Å². The summed E-state index contributed by atoms with van der Waals surface area (Å²) in [4.78, 5) is 13.0. The molecule has 1 N–H and O–H groups in total. The highest BCUT2D eigenvalue weighted by molar-refractivity contribution is 5.85. The van der Waals surface area contributed by atoms with Crippen LogP contribution in [0.5, 0.6) is 5.75 Å². The third kappa shape index (κ3) is 5.68. The van der Waals surface area contributed by atoms with Crippen molar-refractivity contribution in [3.63, 3.8) is 0 Å². The Labute approximate surface area is 191 Å². The number of aryl methyl sites for hydroxylation is 1. The van der Waals surface area contributed by atoms with Crippen LogP contribution in [-0.2, 0) is 17.8 Å². The fourth-order valence-corrected chi connectivity index (χ4v) is 4.78. The molecule has 3 heterocycles. The summed E-state index contributed by atoms with van der Waals surface area (Å²) < 4.78 is 10.7. The molecule has 3 aromatic rings. The van der Waals surface area contributed by atoms with E-state index >= 15 is 0 Å². The number of ether oxygens (including phenoxy) is 2.